The van der Waals surface area contributed by atoms with Gasteiger partial charge < -0.3 is 30.3 Å². The van der Waals surface area contributed by atoms with E-state index < -0.39 is 0 Å². The van der Waals surface area contributed by atoms with Crippen molar-refractivity contribution in [1.29, 1.82) is 0 Å². The van der Waals surface area contributed by atoms with Crippen LogP contribution < -0.4 is 4.74 Å². The zero-order valence-corrected chi connectivity index (χ0v) is 21.1. The van der Waals surface area contributed by atoms with Crippen LogP contribution in [-0.4, -0.2) is 32.6 Å². The maximum atomic E-state index is 11.5. The Morgan fingerprint density at radius 1 is 0.571 bits per heavy atom. The van der Waals surface area contributed by atoms with E-state index in [0.717, 1.165) is 0 Å². The van der Waals surface area contributed by atoms with E-state index in [0.29, 0.717) is 54.9 Å². The second-order valence-electron chi connectivity index (χ2n) is 9.83. The molecule has 0 fully saturated rings. The van der Waals surface area contributed by atoms with Crippen LogP contribution in [0.5, 0.6) is 34.5 Å². The number of phenols is 5. The number of aromatic hydroxyl groups is 5. The number of aryl methyl sites for hydroxylation is 2. The number of ether oxygens (including phenoxy) is 1. The molecule has 35 heavy (non-hydrogen) atoms. The van der Waals surface area contributed by atoms with Gasteiger partial charge in [0.15, 0.2) is 23.0 Å². The quantitative estimate of drug-likeness (QED) is 0.202. The molecule has 0 aliphatic heterocycles. The average Bonchev–Trinajstić information content (AvgIpc) is 2.76. The maximum Gasteiger partial charge on any atom is 0.161 e. The van der Waals surface area contributed by atoms with Gasteiger partial charge in [0.25, 0.3) is 0 Å². The smallest absolute Gasteiger partial charge is 0.161 e. The summed E-state index contributed by atoms with van der Waals surface area (Å²) >= 11 is 0. The minimum absolute atomic E-state index is 0.0295. The van der Waals surface area contributed by atoms with Crippen LogP contribution in [0.1, 0.15) is 61.8 Å². The summed E-state index contributed by atoms with van der Waals surface area (Å²) in [5.41, 5.74) is 3.53. The molecule has 0 unspecified atom stereocenters. The van der Waals surface area contributed by atoms with E-state index in [1.165, 1.54) is 13.2 Å². The number of hydrogen-bond donors (Lipinski definition) is 5. The van der Waals surface area contributed by atoms with Gasteiger partial charge in [-0.2, -0.15) is 0 Å². The van der Waals surface area contributed by atoms with Gasteiger partial charge >= 0.3 is 0 Å². The number of rotatable bonds is 4. The van der Waals surface area contributed by atoms with Crippen LogP contribution in [0.3, 0.4) is 0 Å². The lowest BCUT2D eigenvalue weighted by Gasteiger charge is -2.22. The number of methoxy groups -OCH3 is 1. The lowest BCUT2D eigenvalue weighted by atomic mass is 9.85. The van der Waals surface area contributed by atoms with E-state index in [1.54, 1.807) is 6.07 Å². The first-order valence-electron chi connectivity index (χ1n) is 11.7. The molecule has 0 saturated heterocycles. The van der Waals surface area contributed by atoms with Crippen molar-refractivity contribution in [3.8, 4) is 45.6 Å². The lowest BCUT2D eigenvalue weighted by Crippen LogP contribution is -1.98. The summed E-state index contributed by atoms with van der Waals surface area (Å²) in [5, 5.41) is 56.8. The summed E-state index contributed by atoms with van der Waals surface area (Å²) in [5.74, 6) is -0.465. The van der Waals surface area contributed by atoms with E-state index in [1.807, 2.05) is 53.7 Å². The molecule has 4 aromatic rings. The molecule has 184 valence electrons. The Bertz CT molecular complexity index is 1500. The number of fused-ring (bicyclic) bond motifs is 2. The highest BCUT2D eigenvalue weighted by atomic mass is 16.5. The summed E-state index contributed by atoms with van der Waals surface area (Å²) in [7, 11) is 1.46. The van der Waals surface area contributed by atoms with Crippen LogP contribution in [-0.2, 0) is 0 Å². The molecule has 4 rings (SSSR count). The molecule has 0 amide bonds. The molecule has 5 N–H and O–H groups in total. The standard InChI is InChI=1S/C29H32O6/c1-12(2)22-16-8-14(5)24(26(31)18(16)10-20(30)28(22)33)25-15(6)9-17-19(27(25)32)11-21(35-7)29(34)23(17)13(3)4/h8-13,30-34H,1-7H3. The van der Waals surface area contributed by atoms with E-state index in [-0.39, 0.29) is 46.3 Å². The van der Waals surface area contributed by atoms with Gasteiger partial charge in [-0.15, -0.1) is 0 Å². The number of benzene rings is 4. The van der Waals surface area contributed by atoms with Gasteiger partial charge in [-0.25, -0.2) is 0 Å². The van der Waals surface area contributed by atoms with Gasteiger partial charge in [-0.1, -0.05) is 39.8 Å². The number of hydrogen-bond acceptors (Lipinski definition) is 6. The van der Waals surface area contributed by atoms with Crippen LogP contribution in [0.2, 0.25) is 0 Å². The lowest BCUT2D eigenvalue weighted by molar-refractivity contribution is 0.370. The van der Waals surface area contributed by atoms with E-state index in [2.05, 4.69) is 0 Å². The Balaban J connectivity index is 2.15. The van der Waals surface area contributed by atoms with Crippen molar-refractivity contribution >= 4 is 21.5 Å². The predicted molar refractivity (Wildman–Crippen MR) is 139 cm³/mol. The molecule has 0 radical (unpaired) electrons. The van der Waals surface area contributed by atoms with Crippen molar-refractivity contribution in [2.45, 2.75) is 53.4 Å². The highest BCUT2D eigenvalue weighted by molar-refractivity contribution is 6.06. The molecule has 4 aromatic carbocycles. The van der Waals surface area contributed by atoms with Crippen LogP contribution in [0.15, 0.2) is 24.3 Å². The highest BCUT2D eigenvalue weighted by Crippen LogP contribution is 2.52. The Labute approximate surface area is 204 Å². The topological polar surface area (TPSA) is 110 Å². The third-order valence-corrected chi connectivity index (χ3v) is 6.82. The molecule has 0 aromatic heterocycles. The predicted octanol–water partition coefficient (Wildman–Crippen LogP) is 7.06. The largest absolute Gasteiger partial charge is 0.507 e. The van der Waals surface area contributed by atoms with Gasteiger partial charge in [-0.3, -0.25) is 0 Å². The third-order valence-electron chi connectivity index (χ3n) is 6.82. The molecule has 0 atom stereocenters. The summed E-state index contributed by atoms with van der Waals surface area (Å²) < 4.78 is 5.38. The Kier molecular flexibility index (Phi) is 5.87. The fourth-order valence-corrected chi connectivity index (χ4v) is 5.25. The van der Waals surface area contributed by atoms with E-state index in [4.69, 9.17) is 4.74 Å². The van der Waals surface area contributed by atoms with Gasteiger partial charge in [0.05, 0.1) is 7.11 Å². The molecule has 0 bridgehead atoms. The SMILES string of the molecule is COc1cc2c(O)c(-c3c(C)cc4c(C(C)C)c(O)c(O)cc4c3O)c(C)cc2c(C(C)C)c1O. The summed E-state index contributed by atoms with van der Waals surface area (Å²) in [6.45, 7) is 11.4. The molecule has 0 heterocycles. The van der Waals surface area contributed by atoms with E-state index >= 15 is 0 Å². The molecular formula is C29H32O6. The molecule has 6 heteroatoms. The molecular weight excluding hydrogens is 444 g/mol. The Morgan fingerprint density at radius 2 is 1.00 bits per heavy atom. The molecule has 0 saturated carbocycles. The zero-order valence-electron chi connectivity index (χ0n) is 21.1. The first-order valence-corrected chi connectivity index (χ1v) is 11.7. The first kappa shape index (κ1) is 24.3. The fourth-order valence-electron chi connectivity index (χ4n) is 5.25. The van der Waals surface area contributed by atoms with Crippen molar-refractivity contribution in [2.75, 3.05) is 7.11 Å². The zero-order chi connectivity index (χ0) is 25.9. The van der Waals surface area contributed by atoms with Crippen molar-refractivity contribution in [3.05, 3.63) is 46.5 Å². The molecule has 0 aliphatic rings. The molecule has 6 nitrogen and oxygen atoms in total. The minimum atomic E-state index is -0.312. The summed E-state index contributed by atoms with van der Waals surface area (Å²) in [6, 6.07) is 6.71. The second-order valence-corrected chi connectivity index (χ2v) is 9.83. The Morgan fingerprint density at radius 3 is 1.43 bits per heavy atom. The van der Waals surface area contributed by atoms with Gasteiger partial charge in [-0.05, 0) is 59.7 Å². The average molecular weight is 477 g/mol. The van der Waals surface area contributed by atoms with Gasteiger partial charge in [0.2, 0.25) is 0 Å². The first-order chi connectivity index (χ1) is 16.4. The maximum absolute atomic E-state index is 11.5. The van der Waals surface area contributed by atoms with Crippen LogP contribution in [0, 0.1) is 13.8 Å². The van der Waals surface area contributed by atoms with Crippen LogP contribution >= 0.6 is 0 Å². The molecule has 0 aliphatic carbocycles. The highest BCUT2D eigenvalue weighted by Gasteiger charge is 2.26. The second kappa shape index (κ2) is 8.45. The minimum Gasteiger partial charge on any atom is -0.507 e. The van der Waals surface area contributed by atoms with Crippen molar-refractivity contribution in [3.63, 3.8) is 0 Å². The summed E-state index contributed by atoms with van der Waals surface area (Å²) in [6.07, 6.45) is 0. The Hall–Kier alpha value is -3.80. The van der Waals surface area contributed by atoms with Crippen molar-refractivity contribution in [1.82, 2.24) is 0 Å². The van der Waals surface area contributed by atoms with Crippen LogP contribution in [0.4, 0.5) is 0 Å². The fraction of sp³-hybridized carbons (Fsp3) is 0.310. The monoisotopic (exact) mass is 476 g/mol. The normalized spacial score (nSPS) is 11.8. The van der Waals surface area contributed by atoms with Crippen molar-refractivity contribution < 1.29 is 30.3 Å². The third kappa shape index (κ3) is 3.55. The molecule has 0 spiro atoms. The van der Waals surface area contributed by atoms with Crippen LogP contribution in [0.25, 0.3) is 32.7 Å². The number of phenolic OH excluding ortho intramolecular Hbond substituents is 5. The summed E-state index contributed by atoms with van der Waals surface area (Å²) in [4.78, 5) is 0. The van der Waals surface area contributed by atoms with Gasteiger partial charge in [0, 0.05) is 33.0 Å². The van der Waals surface area contributed by atoms with E-state index in [9.17, 15) is 25.5 Å². The van der Waals surface area contributed by atoms with Crippen molar-refractivity contribution in [2.24, 2.45) is 0 Å². The van der Waals surface area contributed by atoms with Gasteiger partial charge in [0.1, 0.15) is 11.5 Å².